The Hall–Kier alpha value is -2.78. The van der Waals surface area contributed by atoms with Gasteiger partial charge in [-0.2, -0.15) is 0 Å². The summed E-state index contributed by atoms with van der Waals surface area (Å²) >= 11 is 3.56. The average Bonchev–Trinajstić information content (AvgIpc) is 2.69. The predicted molar refractivity (Wildman–Crippen MR) is 106 cm³/mol. The normalized spacial score (nSPS) is 10.6. The van der Waals surface area contributed by atoms with Crippen molar-refractivity contribution in [2.24, 2.45) is 0 Å². The third-order valence-corrected chi connectivity index (χ3v) is 4.51. The first kappa shape index (κ1) is 15.7. The monoisotopic (exact) mass is 386 g/mol. The van der Waals surface area contributed by atoms with Crippen LogP contribution in [0.1, 0.15) is 0 Å². The van der Waals surface area contributed by atoms with Gasteiger partial charge < -0.3 is 0 Å². The first-order chi connectivity index (χ1) is 12.3. The van der Waals surface area contributed by atoms with E-state index in [1.54, 1.807) is 0 Å². The number of benzene rings is 2. The zero-order valence-electron chi connectivity index (χ0n) is 13.4. The third kappa shape index (κ3) is 3.52. The van der Waals surface area contributed by atoms with Gasteiger partial charge in [0.05, 0.1) is 11.4 Å². The van der Waals surface area contributed by atoms with Gasteiger partial charge in [0.25, 0.3) is 0 Å². The minimum Gasteiger partial charge on any atom is -0.256 e. The van der Waals surface area contributed by atoms with Crippen LogP contribution in [0.2, 0.25) is 0 Å². The highest BCUT2D eigenvalue weighted by Crippen LogP contribution is 2.32. The van der Waals surface area contributed by atoms with Gasteiger partial charge in [-0.15, -0.1) is 0 Å². The van der Waals surface area contributed by atoms with Crippen LogP contribution >= 0.6 is 15.9 Å². The molecule has 0 saturated heterocycles. The van der Waals surface area contributed by atoms with E-state index in [2.05, 4.69) is 56.2 Å². The van der Waals surface area contributed by atoms with Crippen molar-refractivity contribution in [3.63, 3.8) is 0 Å². The van der Waals surface area contributed by atoms with Crippen LogP contribution in [0.5, 0.6) is 0 Å². The molecule has 0 atom stereocenters. The molecule has 0 aliphatic rings. The van der Waals surface area contributed by atoms with Crippen LogP contribution < -0.4 is 0 Å². The maximum Gasteiger partial charge on any atom is 0.0702 e. The molecule has 2 nitrogen and oxygen atoms in total. The quantitative estimate of drug-likeness (QED) is 0.416. The molecule has 0 aliphatic heterocycles. The maximum atomic E-state index is 4.51. The molecule has 2 aromatic heterocycles. The molecular formula is C22H15BrN2. The largest absolute Gasteiger partial charge is 0.256 e. The van der Waals surface area contributed by atoms with Gasteiger partial charge in [-0.25, -0.2) is 0 Å². The number of rotatable bonds is 3. The number of pyridine rings is 2. The van der Waals surface area contributed by atoms with E-state index in [-0.39, 0.29) is 0 Å². The smallest absolute Gasteiger partial charge is 0.0702 e. The molecule has 0 N–H and O–H groups in total. The predicted octanol–water partition coefficient (Wildman–Crippen LogP) is 6.24. The maximum absolute atomic E-state index is 4.51. The van der Waals surface area contributed by atoms with E-state index >= 15 is 0 Å². The zero-order chi connectivity index (χ0) is 17.1. The molecule has 2 heterocycles. The van der Waals surface area contributed by atoms with Crippen LogP contribution in [-0.2, 0) is 0 Å². The van der Waals surface area contributed by atoms with E-state index in [1.807, 2.05) is 60.9 Å². The van der Waals surface area contributed by atoms with Crippen molar-refractivity contribution in [3.05, 3.63) is 95.7 Å². The summed E-state index contributed by atoms with van der Waals surface area (Å²) in [4.78, 5) is 9.01. The van der Waals surface area contributed by atoms with E-state index in [0.29, 0.717) is 0 Å². The van der Waals surface area contributed by atoms with E-state index in [4.69, 9.17) is 0 Å². The SMILES string of the molecule is Brc1cccc(-c2cc(-c3ccccn3)cc(-c3ccccn3)c2)c1. The summed E-state index contributed by atoms with van der Waals surface area (Å²) < 4.78 is 1.06. The second-order valence-electron chi connectivity index (χ2n) is 5.74. The molecule has 0 aliphatic carbocycles. The van der Waals surface area contributed by atoms with Crippen molar-refractivity contribution in [2.45, 2.75) is 0 Å². The van der Waals surface area contributed by atoms with Gasteiger partial charge in [0.15, 0.2) is 0 Å². The Morgan fingerprint density at radius 1 is 0.520 bits per heavy atom. The lowest BCUT2D eigenvalue weighted by Crippen LogP contribution is -1.89. The number of aromatic nitrogens is 2. The summed E-state index contributed by atoms with van der Waals surface area (Å²) in [6.07, 6.45) is 3.64. The standard InChI is InChI=1S/C22H15BrN2/c23-20-7-5-6-16(15-20)17-12-18(21-8-1-3-10-24-21)14-19(13-17)22-9-2-4-11-25-22/h1-15H. The Morgan fingerprint density at radius 2 is 1.12 bits per heavy atom. The Balaban J connectivity index is 1.92. The Bertz CT molecular complexity index is 941. The van der Waals surface area contributed by atoms with Crippen molar-refractivity contribution in [1.29, 1.82) is 0 Å². The highest BCUT2D eigenvalue weighted by molar-refractivity contribution is 9.10. The number of halogens is 1. The lowest BCUT2D eigenvalue weighted by molar-refractivity contribution is 1.31. The molecule has 2 aromatic carbocycles. The lowest BCUT2D eigenvalue weighted by Gasteiger charge is -2.10. The van der Waals surface area contributed by atoms with Crippen LogP contribution in [-0.4, -0.2) is 9.97 Å². The molecule has 3 heteroatoms. The van der Waals surface area contributed by atoms with Crippen LogP contribution in [0.4, 0.5) is 0 Å². The third-order valence-electron chi connectivity index (χ3n) is 4.01. The molecule has 0 spiro atoms. The van der Waals surface area contributed by atoms with E-state index in [0.717, 1.165) is 38.1 Å². The van der Waals surface area contributed by atoms with Crippen molar-refractivity contribution < 1.29 is 0 Å². The van der Waals surface area contributed by atoms with E-state index in [9.17, 15) is 0 Å². The van der Waals surface area contributed by atoms with Crippen LogP contribution in [0.25, 0.3) is 33.6 Å². The van der Waals surface area contributed by atoms with Crippen molar-refractivity contribution in [1.82, 2.24) is 9.97 Å². The molecule has 25 heavy (non-hydrogen) atoms. The summed E-state index contributed by atoms with van der Waals surface area (Å²) in [6.45, 7) is 0. The highest BCUT2D eigenvalue weighted by Gasteiger charge is 2.08. The van der Waals surface area contributed by atoms with Crippen LogP contribution in [0.3, 0.4) is 0 Å². The molecule has 0 saturated carbocycles. The molecule has 4 aromatic rings. The molecule has 0 bridgehead atoms. The Morgan fingerprint density at radius 3 is 1.64 bits per heavy atom. The second-order valence-corrected chi connectivity index (χ2v) is 6.66. The molecular weight excluding hydrogens is 372 g/mol. The number of hydrogen-bond acceptors (Lipinski definition) is 2. The molecule has 0 unspecified atom stereocenters. The Labute approximate surface area is 155 Å². The fraction of sp³-hybridized carbons (Fsp3) is 0. The summed E-state index contributed by atoms with van der Waals surface area (Å²) in [5.41, 5.74) is 6.37. The van der Waals surface area contributed by atoms with Gasteiger partial charge in [-0.1, -0.05) is 40.2 Å². The van der Waals surface area contributed by atoms with Gasteiger partial charge in [-0.3, -0.25) is 9.97 Å². The van der Waals surface area contributed by atoms with Crippen LogP contribution in [0, 0.1) is 0 Å². The van der Waals surface area contributed by atoms with Gasteiger partial charge in [-0.05, 0) is 65.7 Å². The second kappa shape index (κ2) is 6.99. The first-order valence-corrected chi connectivity index (χ1v) is 8.83. The highest BCUT2D eigenvalue weighted by atomic mass is 79.9. The first-order valence-electron chi connectivity index (χ1n) is 8.03. The van der Waals surface area contributed by atoms with Gasteiger partial charge in [0.1, 0.15) is 0 Å². The summed E-state index contributed by atoms with van der Waals surface area (Å²) in [5, 5.41) is 0. The summed E-state index contributed by atoms with van der Waals surface area (Å²) in [7, 11) is 0. The Kier molecular flexibility index (Phi) is 4.40. The van der Waals surface area contributed by atoms with Crippen molar-refractivity contribution in [2.75, 3.05) is 0 Å². The van der Waals surface area contributed by atoms with Crippen molar-refractivity contribution in [3.8, 4) is 33.6 Å². The minimum atomic E-state index is 0.955. The zero-order valence-corrected chi connectivity index (χ0v) is 15.0. The van der Waals surface area contributed by atoms with Gasteiger partial charge >= 0.3 is 0 Å². The molecule has 4 rings (SSSR count). The van der Waals surface area contributed by atoms with E-state index in [1.165, 1.54) is 0 Å². The van der Waals surface area contributed by atoms with Crippen molar-refractivity contribution >= 4 is 15.9 Å². The summed E-state index contributed by atoms with van der Waals surface area (Å²) in [6, 6.07) is 26.8. The average molecular weight is 387 g/mol. The molecule has 120 valence electrons. The molecule has 0 radical (unpaired) electrons. The van der Waals surface area contributed by atoms with Gasteiger partial charge in [0.2, 0.25) is 0 Å². The minimum absolute atomic E-state index is 0.955. The molecule has 0 amide bonds. The topological polar surface area (TPSA) is 25.8 Å². The number of hydrogen-bond donors (Lipinski definition) is 0. The molecule has 0 fully saturated rings. The van der Waals surface area contributed by atoms with Crippen LogP contribution in [0.15, 0.2) is 95.7 Å². The van der Waals surface area contributed by atoms with Gasteiger partial charge in [0, 0.05) is 28.0 Å². The fourth-order valence-corrected chi connectivity index (χ4v) is 3.22. The number of nitrogens with zero attached hydrogens (tertiary/aromatic N) is 2. The lowest BCUT2D eigenvalue weighted by atomic mass is 9.96. The summed E-state index contributed by atoms with van der Waals surface area (Å²) in [5.74, 6) is 0. The fourth-order valence-electron chi connectivity index (χ4n) is 2.83. The van der Waals surface area contributed by atoms with E-state index < -0.39 is 0 Å².